The number of imidazole rings is 1. The van der Waals surface area contributed by atoms with Crippen LogP contribution >= 0.6 is 0 Å². The molecule has 0 radical (unpaired) electrons. The van der Waals surface area contributed by atoms with Gasteiger partial charge in [0.2, 0.25) is 0 Å². The van der Waals surface area contributed by atoms with E-state index >= 15 is 0 Å². The van der Waals surface area contributed by atoms with Crippen molar-refractivity contribution < 1.29 is 19.7 Å². The van der Waals surface area contributed by atoms with E-state index in [9.17, 15) is 10.2 Å². The van der Waals surface area contributed by atoms with Crippen LogP contribution in [0.1, 0.15) is 17.4 Å². The van der Waals surface area contributed by atoms with Crippen molar-refractivity contribution in [3.8, 4) is 0 Å². The number of anilines is 1. The zero-order chi connectivity index (χ0) is 20.1. The number of ether oxygens (including phenoxy) is 2. The summed E-state index contributed by atoms with van der Waals surface area (Å²) in [7, 11) is 1.57. The Balaban J connectivity index is 1.48. The van der Waals surface area contributed by atoms with Crippen molar-refractivity contribution in [3.63, 3.8) is 0 Å². The van der Waals surface area contributed by atoms with E-state index in [2.05, 4.69) is 27.1 Å². The molecule has 0 saturated carbocycles. The lowest BCUT2D eigenvalue weighted by molar-refractivity contribution is -0.0771. The minimum atomic E-state index is -1.19. The summed E-state index contributed by atoms with van der Waals surface area (Å²) in [6, 6.07) is 8.06. The van der Waals surface area contributed by atoms with Crippen molar-refractivity contribution in [3.05, 3.63) is 54.1 Å². The number of hydrogen-bond donors (Lipinski definition) is 3. The van der Waals surface area contributed by atoms with E-state index in [4.69, 9.17) is 15.2 Å². The maximum Gasteiger partial charge on any atom is 0.167 e. The van der Waals surface area contributed by atoms with E-state index in [1.165, 1.54) is 18.2 Å². The smallest absolute Gasteiger partial charge is 0.167 e. The lowest BCUT2D eigenvalue weighted by Crippen LogP contribution is -2.40. The molecule has 5 atom stereocenters. The highest BCUT2D eigenvalue weighted by atomic mass is 16.6. The molecule has 2 aromatic heterocycles. The van der Waals surface area contributed by atoms with Gasteiger partial charge in [-0.25, -0.2) is 15.0 Å². The SMILES string of the molecule is COC(C1=CCc2ccccc21)[C@H]1O[C@@H](n2cnc3c(N)ncnc32)[C@H](O)[C@@H]1O. The van der Waals surface area contributed by atoms with Gasteiger partial charge in [-0.1, -0.05) is 30.3 Å². The molecule has 0 spiro atoms. The van der Waals surface area contributed by atoms with Crippen LogP contribution in [0.25, 0.3) is 16.7 Å². The van der Waals surface area contributed by atoms with Crippen LogP contribution < -0.4 is 5.73 Å². The second kappa shape index (κ2) is 6.89. The zero-order valence-corrected chi connectivity index (χ0v) is 15.7. The molecular formula is C20H21N5O4. The van der Waals surface area contributed by atoms with Crippen molar-refractivity contribution in [1.29, 1.82) is 0 Å². The van der Waals surface area contributed by atoms with E-state index in [-0.39, 0.29) is 5.82 Å². The molecule has 0 bridgehead atoms. The Kier molecular flexibility index (Phi) is 4.32. The second-order valence-corrected chi connectivity index (χ2v) is 7.23. The Labute approximate surface area is 166 Å². The highest BCUT2D eigenvalue weighted by molar-refractivity contribution is 5.81. The van der Waals surface area contributed by atoms with Crippen LogP contribution in [0.15, 0.2) is 43.0 Å². The van der Waals surface area contributed by atoms with Gasteiger partial charge in [-0.3, -0.25) is 4.57 Å². The van der Waals surface area contributed by atoms with Gasteiger partial charge in [0, 0.05) is 7.11 Å². The van der Waals surface area contributed by atoms with Crippen LogP contribution in [-0.2, 0) is 15.9 Å². The number of aromatic nitrogens is 4. The van der Waals surface area contributed by atoms with Gasteiger partial charge in [-0.05, 0) is 23.1 Å². The highest BCUT2D eigenvalue weighted by Gasteiger charge is 2.49. The molecule has 3 aromatic rings. The molecule has 3 heterocycles. The lowest BCUT2D eigenvalue weighted by Gasteiger charge is -2.26. The number of methoxy groups -OCH3 is 1. The number of nitrogens with zero attached hydrogens (tertiary/aromatic N) is 4. The summed E-state index contributed by atoms with van der Waals surface area (Å²) < 4.78 is 13.4. The molecule has 9 nitrogen and oxygen atoms in total. The Bertz CT molecular complexity index is 1100. The van der Waals surface area contributed by atoms with Gasteiger partial charge in [-0.2, -0.15) is 0 Å². The molecule has 1 fully saturated rings. The molecule has 150 valence electrons. The first kappa shape index (κ1) is 18.2. The molecule has 5 rings (SSSR count). The molecule has 4 N–H and O–H groups in total. The van der Waals surface area contributed by atoms with Gasteiger partial charge >= 0.3 is 0 Å². The lowest BCUT2D eigenvalue weighted by atomic mass is 9.95. The summed E-state index contributed by atoms with van der Waals surface area (Å²) >= 11 is 0. The van der Waals surface area contributed by atoms with Gasteiger partial charge in [0.25, 0.3) is 0 Å². The molecule has 1 aromatic carbocycles. The largest absolute Gasteiger partial charge is 0.387 e. The van der Waals surface area contributed by atoms with Crippen LogP contribution in [-0.4, -0.2) is 61.3 Å². The minimum Gasteiger partial charge on any atom is -0.387 e. The van der Waals surface area contributed by atoms with Crippen LogP contribution in [0.3, 0.4) is 0 Å². The number of allylic oxidation sites excluding steroid dienone is 1. The Morgan fingerprint density at radius 1 is 1.21 bits per heavy atom. The molecule has 29 heavy (non-hydrogen) atoms. The van der Waals surface area contributed by atoms with Crippen LogP contribution in [0.5, 0.6) is 0 Å². The Morgan fingerprint density at radius 3 is 2.86 bits per heavy atom. The second-order valence-electron chi connectivity index (χ2n) is 7.23. The zero-order valence-electron chi connectivity index (χ0n) is 15.7. The third-order valence-electron chi connectivity index (χ3n) is 5.67. The van der Waals surface area contributed by atoms with Crippen molar-refractivity contribution in [2.24, 2.45) is 0 Å². The summed E-state index contributed by atoms with van der Waals surface area (Å²) in [5, 5.41) is 21.5. The molecule has 0 amide bonds. The summed E-state index contributed by atoms with van der Waals surface area (Å²) in [6.45, 7) is 0. The number of nitrogen functional groups attached to an aromatic ring is 1. The van der Waals surface area contributed by atoms with Crippen molar-refractivity contribution in [2.75, 3.05) is 12.8 Å². The predicted octanol–water partition coefficient (Wildman–Crippen LogP) is 0.682. The third kappa shape index (κ3) is 2.74. The summed E-state index contributed by atoms with van der Waals surface area (Å²) in [6.07, 6.45) is 1.13. The van der Waals surface area contributed by atoms with E-state index in [1.54, 1.807) is 11.7 Å². The Hall–Kier alpha value is -2.85. The van der Waals surface area contributed by atoms with Crippen molar-refractivity contribution in [1.82, 2.24) is 19.5 Å². The maximum absolute atomic E-state index is 10.8. The third-order valence-corrected chi connectivity index (χ3v) is 5.67. The molecule has 1 unspecified atom stereocenters. The standard InChI is InChI=1S/C20H21N5O4/c1-28-16(12-7-6-10-4-2-3-5-11(10)12)17-14(26)15(27)20(29-17)25-9-24-13-18(21)22-8-23-19(13)25/h2-5,7-9,14-17,20,26-27H,6H2,1H3,(H2,21,22,23)/t14-,15+,16?,17-,20+/m0/s1. The van der Waals surface area contributed by atoms with Crippen LogP contribution in [0, 0.1) is 0 Å². The fraction of sp³-hybridized carbons (Fsp3) is 0.350. The monoisotopic (exact) mass is 395 g/mol. The number of aliphatic hydroxyl groups is 2. The number of fused-ring (bicyclic) bond motifs is 2. The number of benzene rings is 1. The fourth-order valence-corrected chi connectivity index (χ4v) is 4.24. The summed E-state index contributed by atoms with van der Waals surface area (Å²) in [4.78, 5) is 12.3. The van der Waals surface area contributed by atoms with Gasteiger partial charge < -0.3 is 25.4 Å². The Morgan fingerprint density at radius 2 is 2.03 bits per heavy atom. The molecular weight excluding hydrogens is 374 g/mol. The number of aliphatic hydroxyl groups excluding tert-OH is 2. The normalized spacial score (nSPS) is 27.2. The minimum absolute atomic E-state index is 0.237. The average Bonchev–Trinajstić information content (AvgIpc) is 3.42. The van der Waals surface area contributed by atoms with Gasteiger partial charge in [0.1, 0.15) is 36.3 Å². The van der Waals surface area contributed by atoms with Crippen LogP contribution in [0.4, 0.5) is 5.82 Å². The first-order valence-electron chi connectivity index (χ1n) is 9.36. The quantitative estimate of drug-likeness (QED) is 0.588. The summed E-state index contributed by atoms with van der Waals surface area (Å²) in [5.41, 5.74) is 9.90. The average molecular weight is 395 g/mol. The van der Waals surface area contributed by atoms with Crippen molar-refractivity contribution >= 4 is 22.6 Å². The fourth-order valence-electron chi connectivity index (χ4n) is 4.24. The van der Waals surface area contributed by atoms with E-state index in [0.29, 0.717) is 11.2 Å². The summed E-state index contributed by atoms with van der Waals surface area (Å²) in [5.74, 6) is 0.237. The van der Waals surface area contributed by atoms with Crippen LogP contribution in [0.2, 0.25) is 0 Å². The molecule has 1 saturated heterocycles. The first-order chi connectivity index (χ1) is 14.1. The molecule has 9 heteroatoms. The number of nitrogens with two attached hydrogens (primary N) is 1. The molecule has 2 aliphatic rings. The van der Waals surface area contributed by atoms with Gasteiger partial charge in [0.15, 0.2) is 17.7 Å². The first-order valence-corrected chi connectivity index (χ1v) is 9.36. The highest BCUT2D eigenvalue weighted by Crippen LogP contribution is 2.39. The topological polar surface area (TPSA) is 129 Å². The van der Waals surface area contributed by atoms with E-state index in [1.807, 2.05) is 18.2 Å². The number of rotatable bonds is 4. The molecule has 1 aliphatic carbocycles. The van der Waals surface area contributed by atoms with Gasteiger partial charge in [-0.15, -0.1) is 0 Å². The number of hydrogen-bond acceptors (Lipinski definition) is 8. The van der Waals surface area contributed by atoms with Crippen molar-refractivity contribution in [2.45, 2.75) is 37.1 Å². The predicted molar refractivity (Wildman–Crippen MR) is 105 cm³/mol. The maximum atomic E-state index is 10.8. The van der Waals surface area contributed by atoms with E-state index in [0.717, 1.165) is 17.6 Å². The van der Waals surface area contributed by atoms with Gasteiger partial charge in [0.05, 0.1) is 6.33 Å². The molecule has 1 aliphatic heterocycles. The van der Waals surface area contributed by atoms with E-state index < -0.39 is 30.6 Å².